The smallest absolute Gasteiger partial charge is 0.317 e. The van der Waals surface area contributed by atoms with E-state index in [1.165, 1.54) is 0 Å². The number of urea groups is 1. The maximum Gasteiger partial charge on any atom is 0.317 e. The molecule has 2 fully saturated rings. The number of carbonyl (C=O) groups is 2. The molecule has 1 aromatic rings. The molecule has 1 N–H and O–H groups in total. The summed E-state index contributed by atoms with van der Waals surface area (Å²) in [5.41, 5.74) is 0.854. The van der Waals surface area contributed by atoms with E-state index in [1.807, 2.05) is 4.90 Å². The number of hydrogen-bond donors (Lipinski definition) is 1. The lowest BCUT2D eigenvalue weighted by molar-refractivity contribution is -0.133. The van der Waals surface area contributed by atoms with E-state index in [1.54, 1.807) is 37.3 Å². The summed E-state index contributed by atoms with van der Waals surface area (Å²) in [6.07, 6.45) is 3.84. The van der Waals surface area contributed by atoms with Gasteiger partial charge in [-0.05, 0) is 43.9 Å². The van der Waals surface area contributed by atoms with E-state index in [9.17, 15) is 9.59 Å². The summed E-state index contributed by atoms with van der Waals surface area (Å²) < 4.78 is 5.34. The predicted octanol–water partition coefficient (Wildman–Crippen LogP) is 2.89. The highest BCUT2D eigenvalue weighted by atomic mass is 35.5. The summed E-state index contributed by atoms with van der Waals surface area (Å²) >= 11 is 6.06. The third-order valence-electron chi connectivity index (χ3n) is 4.98. The molecule has 1 heterocycles. The van der Waals surface area contributed by atoms with E-state index in [4.69, 9.17) is 16.3 Å². The maximum atomic E-state index is 12.6. The van der Waals surface area contributed by atoms with Crippen LogP contribution in [0.4, 0.5) is 4.79 Å². The first-order valence-corrected chi connectivity index (χ1v) is 9.48. The summed E-state index contributed by atoms with van der Waals surface area (Å²) in [5.74, 6) is 1.18. The van der Waals surface area contributed by atoms with Crippen molar-refractivity contribution in [1.29, 1.82) is 0 Å². The summed E-state index contributed by atoms with van der Waals surface area (Å²) in [7, 11) is 3.34. The van der Waals surface area contributed by atoms with Crippen molar-refractivity contribution in [3.8, 4) is 5.75 Å². The van der Waals surface area contributed by atoms with Gasteiger partial charge in [0.05, 0.1) is 13.7 Å². The molecule has 1 saturated carbocycles. The van der Waals surface area contributed by atoms with Crippen LogP contribution in [0.15, 0.2) is 18.2 Å². The molecule has 0 spiro atoms. The van der Waals surface area contributed by atoms with Gasteiger partial charge in [-0.2, -0.15) is 0 Å². The van der Waals surface area contributed by atoms with E-state index >= 15 is 0 Å². The highest BCUT2D eigenvalue weighted by molar-refractivity contribution is 6.30. The normalized spacial score (nSPS) is 19.8. The van der Waals surface area contributed by atoms with Gasteiger partial charge in [-0.1, -0.05) is 11.6 Å². The zero-order valence-corrected chi connectivity index (χ0v) is 16.1. The summed E-state index contributed by atoms with van der Waals surface area (Å²) in [6.45, 7) is 1.81. The fourth-order valence-corrected chi connectivity index (χ4v) is 3.56. The predicted molar refractivity (Wildman–Crippen MR) is 100 cm³/mol. The van der Waals surface area contributed by atoms with Gasteiger partial charge in [0.2, 0.25) is 5.91 Å². The number of carbonyl (C=O) groups excluding carboxylic acids is 2. The van der Waals surface area contributed by atoms with Crippen LogP contribution < -0.4 is 10.1 Å². The SMILES string of the molecule is COc1ccc(Cl)cc1CN(C)C(=O)N[C@H]1CCCN(C(=O)C2CC2)C1. The van der Waals surface area contributed by atoms with Crippen LogP contribution >= 0.6 is 11.6 Å². The fourth-order valence-electron chi connectivity index (χ4n) is 3.37. The van der Waals surface area contributed by atoms with Gasteiger partial charge >= 0.3 is 6.03 Å². The monoisotopic (exact) mass is 379 g/mol. The molecular formula is C19H26ClN3O3. The Morgan fingerprint density at radius 2 is 2.12 bits per heavy atom. The molecule has 1 atom stereocenters. The first kappa shape index (κ1) is 18.8. The number of halogens is 1. The molecule has 142 valence electrons. The van der Waals surface area contributed by atoms with Crippen molar-refractivity contribution in [3.05, 3.63) is 28.8 Å². The Balaban J connectivity index is 1.55. The summed E-state index contributed by atoms with van der Waals surface area (Å²) in [4.78, 5) is 28.3. The zero-order valence-electron chi connectivity index (χ0n) is 15.3. The molecule has 1 aliphatic carbocycles. The number of amides is 3. The van der Waals surface area contributed by atoms with E-state index in [-0.39, 0.29) is 23.9 Å². The van der Waals surface area contributed by atoms with Gasteiger partial charge in [-0.15, -0.1) is 0 Å². The van der Waals surface area contributed by atoms with E-state index in [0.29, 0.717) is 23.9 Å². The molecule has 1 saturated heterocycles. The van der Waals surface area contributed by atoms with Gasteiger partial charge in [0.25, 0.3) is 0 Å². The van der Waals surface area contributed by atoms with Gasteiger partial charge in [-0.3, -0.25) is 4.79 Å². The van der Waals surface area contributed by atoms with Crippen molar-refractivity contribution in [2.24, 2.45) is 5.92 Å². The second kappa shape index (κ2) is 8.16. The molecule has 26 heavy (non-hydrogen) atoms. The number of benzene rings is 1. The Morgan fingerprint density at radius 1 is 1.35 bits per heavy atom. The van der Waals surface area contributed by atoms with Crippen molar-refractivity contribution < 1.29 is 14.3 Å². The number of hydrogen-bond acceptors (Lipinski definition) is 3. The van der Waals surface area contributed by atoms with Crippen LogP contribution in [-0.4, -0.2) is 55.0 Å². The number of nitrogens with zero attached hydrogens (tertiary/aromatic N) is 2. The van der Waals surface area contributed by atoms with Gasteiger partial charge < -0.3 is 19.9 Å². The molecule has 7 heteroatoms. The Hall–Kier alpha value is -1.95. The van der Waals surface area contributed by atoms with Crippen molar-refractivity contribution in [2.75, 3.05) is 27.2 Å². The second-order valence-electron chi connectivity index (χ2n) is 7.16. The number of piperidine rings is 1. The lowest BCUT2D eigenvalue weighted by Gasteiger charge is -2.34. The molecule has 1 aromatic carbocycles. The molecule has 3 amide bonds. The Kier molecular flexibility index (Phi) is 5.91. The van der Waals surface area contributed by atoms with Crippen LogP contribution in [0.5, 0.6) is 5.75 Å². The van der Waals surface area contributed by atoms with Crippen LogP contribution in [0.3, 0.4) is 0 Å². The molecule has 0 radical (unpaired) electrons. The van der Waals surface area contributed by atoms with Crippen molar-refractivity contribution in [3.63, 3.8) is 0 Å². The molecule has 2 aliphatic rings. The van der Waals surface area contributed by atoms with Crippen LogP contribution in [0.25, 0.3) is 0 Å². The topological polar surface area (TPSA) is 61.9 Å². The lowest BCUT2D eigenvalue weighted by atomic mass is 10.1. The van der Waals surface area contributed by atoms with Crippen LogP contribution in [-0.2, 0) is 11.3 Å². The van der Waals surface area contributed by atoms with Gasteiger partial charge in [0.1, 0.15) is 5.75 Å². The third kappa shape index (κ3) is 4.61. The van der Waals surface area contributed by atoms with Crippen molar-refractivity contribution in [1.82, 2.24) is 15.1 Å². The number of likely N-dealkylation sites (tertiary alicyclic amines) is 1. The molecule has 6 nitrogen and oxygen atoms in total. The zero-order chi connectivity index (χ0) is 18.7. The molecule has 0 aromatic heterocycles. The standard InChI is InChI=1S/C19H26ClN3O3/c1-22(11-14-10-15(20)7-8-17(14)26-2)19(25)21-16-4-3-9-23(12-16)18(24)13-5-6-13/h7-8,10,13,16H,3-6,9,11-12H2,1-2H3,(H,21,25)/t16-/m0/s1. The minimum absolute atomic E-state index is 0.00246. The molecular weight excluding hydrogens is 354 g/mol. The fraction of sp³-hybridized carbons (Fsp3) is 0.579. The van der Waals surface area contributed by atoms with Gasteiger partial charge in [0.15, 0.2) is 0 Å². The highest BCUT2D eigenvalue weighted by Crippen LogP contribution is 2.32. The maximum absolute atomic E-state index is 12.6. The van der Waals surface area contributed by atoms with Crippen molar-refractivity contribution >= 4 is 23.5 Å². The molecule has 0 bridgehead atoms. The summed E-state index contributed by atoms with van der Waals surface area (Å²) in [6, 6.07) is 5.21. The summed E-state index contributed by atoms with van der Waals surface area (Å²) in [5, 5.41) is 3.66. The average Bonchev–Trinajstić information content (AvgIpc) is 3.46. The minimum atomic E-state index is -0.155. The highest BCUT2D eigenvalue weighted by Gasteiger charge is 2.35. The van der Waals surface area contributed by atoms with E-state index in [2.05, 4.69) is 5.32 Å². The molecule has 1 aliphatic heterocycles. The first-order chi connectivity index (χ1) is 12.5. The van der Waals surface area contributed by atoms with Crippen LogP contribution in [0.1, 0.15) is 31.2 Å². The van der Waals surface area contributed by atoms with Gasteiger partial charge in [-0.25, -0.2) is 4.79 Å². The van der Waals surface area contributed by atoms with Crippen LogP contribution in [0.2, 0.25) is 5.02 Å². The van der Waals surface area contributed by atoms with Gasteiger partial charge in [0, 0.05) is 42.7 Å². The Bertz CT molecular complexity index is 678. The van der Waals surface area contributed by atoms with E-state index in [0.717, 1.165) is 37.8 Å². The number of rotatable bonds is 5. The number of ether oxygens (including phenoxy) is 1. The minimum Gasteiger partial charge on any atom is -0.496 e. The van der Waals surface area contributed by atoms with E-state index < -0.39 is 0 Å². The molecule has 3 rings (SSSR count). The lowest BCUT2D eigenvalue weighted by Crippen LogP contribution is -2.52. The largest absolute Gasteiger partial charge is 0.496 e. The first-order valence-electron chi connectivity index (χ1n) is 9.10. The Labute approximate surface area is 159 Å². The third-order valence-corrected chi connectivity index (χ3v) is 5.22. The van der Waals surface area contributed by atoms with Crippen molar-refractivity contribution in [2.45, 2.75) is 38.3 Å². The molecule has 0 unspecified atom stereocenters. The average molecular weight is 380 g/mol. The second-order valence-corrected chi connectivity index (χ2v) is 7.60. The van der Waals surface area contributed by atoms with Crippen LogP contribution in [0, 0.1) is 5.92 Å². The number of methoxy groups -OCH3 is 1. The quantitative estimate of drug-likeness (QED) is 0.855. The number of nitrogens with one attached hydrogen (secondary N) is 1. The Morgan fingerprint density at radius 3 is 2.81 bits per heavy atom.